The zero-order valence-electron chi connectivity index (χ0n) is 11.7. The van der Waals surface area contributed by atoms with E-state index in [0.717, 1.165) is 0 Å². The lowest BCUT2D eigenvalue weighted by atomic mass is 10.2. The lowest BCUT2D eigenvalue weighted by molar-refractivity contribution is -0.0500. The molecule has 24 heavy (non-hydrogen) atoms. The van der Waals surface area contributed by atoms with E-state index in [-0.39, 0.29) is 21.7 Å². The Balaban J connectivity index is 2.29. The molecule has 0 amide bonds. The molecule has 1 aromatic carbocycles. The third kappa shape index (κ3) is 2.49. The first-order valence-electron chi connectivity index (χ1n) is 6.15. The molecular weight excluding hydrogens is 375 g/mol. The largest absolute Gasteiger partial charge is 0.534 e. The maximum absolute atomic E-state index is 12.5. The highest BCUT2D eigenvalue weighted by atomic mass is 35.5. The van der Waals surface area contributed by atoms with Crippen molar-refractivity contribution in [3.63, 3.8) is 0 Å². The van der Waals surface area contributed by atoms with Crippen molar-refractivity contribution < 1.29 is 30.5 Å². The molecule has 128 valence electrons. The van der Waals surface area contributed by atoms with E-state index in [1.54, 1.807) is 0 Å². The van der Waals surface area contributed by atoms with Gasteiger partial charge in [0.25, 0.3) is 5.88 Å². The molecule has 0 fully saturated rings. The number of ether oxygens (including phenoxy) is 1. The molecule has 0 unspecified atom stereocenters. The molecule has 7 nitrogen and oxygen atoms in total. The minimum atomic E-state index is -5.89. The highest BCUT2D eigenvalue weighted by Crippen LogP contribution is 2.35. The number of alkyl halides is 3. The summed E-state index contributed by atoms with van der Waals surface area (Å²) in [7, 11) is -4.50. The Morgan fingerprint density at radius 1 is 1.29 bits per heavy atom. The molecule has 0 atom stereocenters. The average Bonchev–Trinajstić information content (AvgIpc) is 2.95. The summed E-state index contributed by atoms with van der Waals surface area (Å²) < 4.78 is 70.4. The summed E-state index contributed by atoms with van der Waals surface area (Å²) in [6.45, 7) is 0. The van der Waals surface area contributed by atoms with Crippen molar-refractivity contribution in [3.05, 3.63) is 29.5 Å². The van der Waals surface area contributed by atoms with E-state index in [4.69, 9.17) is 16.3 Å². The summed E-state index contributed by atoms with van der Waals surface area (Å²) in [6, 6.07) is 2.83. The van der Waals surface area contributed by atoms with E-state index in [2.05, 4.69) is 14.2 Å². The van der Waals surface area contributed by atoms with Crippen LogP contribution in [0.15, 0.2) is 24.5 Å². The van der Waals surface area contributed by atoms with Crippen LogP contribution in [0, 0.1) is 0 Å². The zero-order valence-corrected chi connectivity index (χ0v) is 13.3. The summed E-state index contributed by atoms with van der Waals surface area (Å²) in [6.07, 6.45) is 2.61. The van der Waals surface area contributed by atoms with Crippen molar-refractivity contribution >= 4 is 38.4 Å². The Morgan fingerprint density at radius 2 is 2.00 bits per heavy atom. The molecule has 2 aromatic heterocycles. The average molecular weight is 382 g/mol. The van der Waals surface area contributed by atoms with Crippen LogP contribution in [0.5, 0.6) is 11.6 Å². The number of rotatable bonds is 3. The van der Waals surface area contributed by atoms with Crippen molar-refractivity contribution in [3.8, 4) is 11.6 Å². The van der Waals surface area contributed by atoms with Crippen molar-refractivity contribution in [2.24, 2.45) is 0 Å². The normalized spacial score (nSPS) is 12.7. The van der Waals surface area contributed by atoms with E-state index < -0.39 is 21.5 Å². The molecule has 0 N–H and O–H groups in total. The quantitative estimate of drug-likeness (QED) is 0.512. The van der Waals surface area contributed by atoms with Crippen LogP contribution in [0.1, 0.15) is 0 Å². The second-order valence-corrected chi connectivity index (χ2v) is 6.39. The van der Waals surface area contributed by atoms with Crippen LogP contribution >= 0.6 is 11.6 Å². The zero-order chi connectivity index (χ0) is 17.7. The summed E-state index contributed by atoms with van der Waals surface area (Å²) in [4.78, 5) is 7.56. The SMILES string of the molecule is COc1ccc2nc(OS(=O)(=O)C(F)(F)F)c3nccn3c2c1Cl. The maximum atomic E-state index is 12.5. The van der Waals surface area contributed by atoms with Gasteiger partial charge in [-0.15, -0.1) is 0 Å². The van der Waals surface area contributed by atoms with Gasteiger partial charge in [-0.05, 0) is 12.1 Å². The van der Waals surface area contributed by atoms with Gasteiger partial charge in [0.15, 0.2) is 0 Å². The van der Waals surface area contributed by atoms with Crippen molar-refractivity contribution in [1.29, 1.82) is 0 Å². The molecule has 0 aliphatic heterocycles. The van der Waals surface area contributed by atoms with E-state index in [0.29, 0.717) is 5.75 Å². The topological polar surface area (TPSA) is 82.8 Å². The molecule has 0 spiro atoms. The monoisotopic (exact) mass is 381 g/mol. The number of halogens is 4. The summed E-state index contributed by atoms with van der Waals surface area (Å²) in [5, 5.41) is 0.135. The van der Waals surface area contributed by atoms with Crippen LogP contribution in [0.25, 0.3) is 16.7 Å². The van der Waals surface area contributed by atoms with E-state index in [9.17, 15) is 21.6 Å². The number of methoxy groups -OCH3 is 1. The number of aromatic nitrogens is 3. The number of fused-ring (bicyclic) bond motifs is 3. The van der Waals surface area contributed by atoms with Gasteiger partial charge in [0.05, 0.1) is 18.1 Å². The predicted octanol–water partition coefficient (Wildman–Crippen LogP) is 2.77. The Hall–Kier alpha value is -2.27. The van der Waals surface area contributed by atoms with E-state index in [1.165, 1.54) is 36.0 Å². The van der Waals surface area contributed by atoms with Crippen LogP contribution in [0.3, 0.4) is 0 Å². The molecule has 12 heteroatoms. The highest BCUT2D eigenvalue weighted by Gasteiger charge is 2.49. The van der Waals surface area contributed by atoms with Gasteiger partial charge in [-0.2, -0.15) is 21.6 Å². The van der Waals surface area contributed by atoms with Crippen molar-refractivity contribution in [1.82, 2.24) is 14.4 Å². The first-order chi connectivity index (χ1) is 11.2. The van der Waals surface area contributed by atoms with Gasteiger partial charge in [0.1, 0.15) is 10.8 Å². The Kier molecular flexibility index (Phi) is 3.72. The molecule has 0 saturated carbocycles. The summed E-state index contributed by atoms with van der Waals surface area (Å²) >= 11 is 6.18. The highest BCUT2D eigenvalue weighted by molar-refractivity contribution is 7.88. The third-order valence-electron chi connectivity index (χ3n) is 3.05. The lowest BCUT2D eigenvalue weighted by Gasteiger charge is -2.12. The third-order valence-corrected chi connectivity index (χ3v) is 4.36. The molecular formula is C12H7ClF3N3O4S. The minimum Gasteiger partial charge on any atom is -0.495 e. The lowest BCUT2D eigenvalue weighted by Crippen LogP contribution is -2.28. The Labute approximate surface area is 137 Å². The van der Waals surface area contributed by atoms with Gasteiger partial charge in [-0.25, -0.2) is 9.97 Å². The molecule has 0 radical (unpaired) electrons. The minimum absolute atomic E-state index is 0.0960. The summed E-state index contributed by atoms with van der Waals surface area (Å²) in [5.41, 5.74) is -5.46. The van der Waals surface area contributed by atoms with Crippen LogP contribution in [0.2, 0.25) is 5.02 Å². The fraction of sp³-hybridized carbons (Fsp3) is 0.167. The van der Waals surface area contributed by atoms with Gasteiger partial charge in [-0.3, -0.25) is 4.40 Å². The first-order valence-corrected chi connectivity index (χ1v) is 7.94. The van der Waals surface area contributed by atoms with Gasteiger partial charge in [0, 0.05) is 12.4 Å². The second kappa shape index (κ2) is 5.38. The van der Waals surface area contributed by atoms with Crippen LogP contribution in [-0.4, -0.2) is 35.4 Å². The first kappa shape index (κ1) is 16.6. The van der Waals surface area contributed by atoms with Gasteiger partial charge in [-0.1, -0.05) is 11.6 Å². The second-order valence-electron chi connectivity index (χ2n) is 4.47. The molecule has 0 bridgehead atoms. The van der Waals surface area contributed by atoms with Crippen molar-refractivity contribution in [2.75, 3.05) is 7.11 Å². The van der Waals surface area contributed by atoms with Gasteiger partial charge >= 0.3 is 15.6 Å². The van der Waals surface area contributed by atoms with Crippen LogP contribution in [0.4, 0.5) is 13.2 Å². The van der Waals surface area contributed by atoms with Gasteiger partial charge < -0.3 is 8.92 Å². The van der Waals surface area contributed by atoms with Gasteiger partial charge in [0.2, 0.25) is 5.65 Å². The number of imidazole rings is 1. The van der Waals surface area contributed by atoms with E-state index >= 15 is 0 Å². The van der Waals surface area contributed by atoms with E-state index in [1.807, 2.05) is 0 Å². The number of benzene rings is 1. The molecule has 0 saturated heterocycles. The van der Waals surface area contributed by atoms with Crippen molar-refractivity contribution in [2.45, 2.75) is 5.51 Å². The Bertz CT molecular complexity index is 1050. The predicted molar refractivity (Wildman–Crippen MR) is 77.7 cm³/mol. The smallest absolute Gasteiger partial charge is 0.495 e. The molecule has 2 heterocycles. The molecule has 0 aliphatic rings. The number of hydrogen-bond acceptors (Lipinski definition) is 6. The maximum Gasteiger partial charge on any atom is 0.534 e. The van der Waals surface area contributed by atoms with Crippen LogP contribution < -0.4 is 8.92 Å². The number of nitrogens with zero attached hydrogens (tertiary/aromatic N) is 3. The molecule has 0 aliphatic carbocycles. The fourth-order valence-electron chi connectivity index (χ4n) is 2.02. The fourth-order valence-corrected chi connectivity index (χ4v) is 2.76. The number of hydrogen-bond donors (Lipinski definition) is 0. The Morgan fingerprint density at radius 3 is 2.62 bits per heavy atom. The molecule has 3 rings (SSSR count). The van der Waals surface area contributed by atoms with Crippen LogP contribution in [-0.2, 0) is 10.1 Å². The standard InChI is InChI=1S/C12H7ClF3N3O4S/c1-22-7-3-2-6-9(8(7)13)19-5-4-17-10(19)11(18-6)23-24(20,21)12(14,15)16/h2-5H,1H3. The summed E-state index contributed by atoms with van der Waals surface area (Å²) in [5.74, 6) is -0.511. The molecule has 3 aromatic rings.